The number of rotatable bonds is 4. The number of amides is 1. The minimum absolute atomic E-state index is 0.0578. The van der Waals surface area contributed by atoms with Crippen LogP contribution < -0.4 is 15.8 Å². The Morgan fingerprint density at radius 3 is 2.57 bits per heavy atom. The number of ether oxygens (including phenoxy) is 1. The number of hydrogen-bond donors (Lipinski definition) is 2. The predicted molar refractivity (Wildman–Crippen MR) is 95.1 cm³/mol. The second-order valence-electron chi connectivity index (χ2n) is 6.32. The van der Waals surface area contributed by atoms with Gasteiger partial charge in [-0.15, -0.1) is 0 Å². The zero-order valence-corrected chi connectivity index (χ0v) is 14.3. The molecular weight excluding hydrogens is 312 g/mol. The first kappa shape index (κ1) is 17.2. The van der Waals surface area contributed by atoms with Gasteiger partial charge < -0.3 is 15.8 Å². The Labute approximate surface area is 141 Å². The molecule has 0 unspecified atom stereocenters. The van der Waals surface area contributed by atoms with Gasteiger partial charge in [-0.3, -0.25) is 4.79 Å². The van der Waals surface area contributed by atoms with Gasteiger partial charge in [-0.25, -0.2) is 0 Å². The SMILES string of the molecule is CC(C)(C)c1ccccc1OCC(=O)Nc1ccc(Cl)c(N)c1. The third-order valence-electron chi connectivity index (χ3n) is 3.33. The highest BCUT2D eigenvalue weighted by Crippen LogP contribution is 2.31. The van der Waals surface area contributed by atoms with Gasteiger partial charge in [-0.2, -0.15) is 0 Å². The second-order valence-corrected chi connectivity index (χ2v) is 6.73. The van der Waals surface area contributed by atoms with Crippen LogP contribution in [-0.2, 0) is 10.2 Å². The molecule has 0 saturated heterocycles. The fourth-order valence-corrected chi connectivity index (χ4v) is 2.29. The molecular formula is C18H21ClN2O2. The summed E-state index contributed by atoms with van der Waals surface area (Å²) >= 11 is 5.86. The average molecular weight is 333 g/mol. The summed E-state index contributed by atoms with van der Waals surface area (Å²) in [6.45, 7) is 6.24. The molecule has 0 spiro atoms. The molecule has 1 amide bonds. The Bertz CT molecular complexity index is 708. The van der Waals surface area contributed by atoms with Crippen LogP contribution in [0.4, 0.5) is 11.4 Å². The van der Waals surface area contributed by atoms with Crippen LogP contribution in [0.5, 0.6) is 5.75 Å². The van der Waals surface area contributed by atoms with Gasteiger partial charge >= 0.3 is 0 Å². The van der Waals surface area contributed by atoms with Crippen LogP contribution in [-0.4, -0.2) is 12.5 Å². The van der Waals surface area contributed by atoms with E-state index in [4.69, 9.17) is 22.1 Å². The highest BCUT2D eigenvalue weighted by Gasteiger charge is 2.18. The molecule has 23 heavy (non-hydrogen) atoms. The first-order valence-electron chi connectivity index (χ1n) is 7.34. The van der Waals surface area contributed by atoms with Crippen molar-refractivity contribution in [2.24, 2.45) is 0 Å². The number of nitrogen functional groups attached to an aromatic ring is 1. The van der Waals surface area contributed by atoms with Crippen molar-refractivity contribution in [3.8, 4) is 5.75 Å². The van der Waals surface area contributed by atoms with E-state index in [-0.39, 0.29) is 17.9 Å². The maximum atomic E-state index is 12.0. The van der Waals surface area contributed by atoms with Crippen molar-refractivity contribution in [2.45, 2.75) is 26.2 Å². The quantitative estimate of drug-likeness (QED) is 0.823. The molecule has 122 valence electrons. The monoisotopic (exact) mass is 332 g/mol. The molecule has 0 radical (unpaired) electrons. The van der Waals surface area contributed by atoms with E-state index in [1.54, 1.807) is 18.2 Å². The first-order valence-corrected chi connectivity index (χ1v) is 7.72. The molecule has 4 nitrogen and oxygen atoms in total. The molecule has 5 heteroatoms. The number of halogens is 1. The van der Waals surface area contributed by atoms with E-state index in [2.05, 4.69) is 26.1 Å². The summed E-state index contributed by atoms with van der Waals surface area (Å²) in [5.74, 6) is 0.459. The molecule has 0 atom stereocenters. The van der Waals surface area contributed by atoms with Crippen LogP contribution in [0.15, 0.2) is 42.5 Å². The molecule has 0 saturated carbocycles. The maximum Gasteiger partial charge on any atom is 0.262 e. The molecule has 0 bridgehead atoms. The molecule has 3 N–H and O–H groups in total. The first-order chi connectivity index (χ1) is 10.8. The van der Waals surface area contributed by atoms with Crippen molar-refractivity contribution in [1.29, 1.82) is 0 Å². The van der Waals surface area contributed by atoms with Crippen LogP contribution in [0.25, 0.3) is 0 Å². The molecule has 0 heterocycles. The summed E-state index contributed by atoms with van der Waals surface area (Å²) in [4.78, 5) is 12.0. The largest absolute Gasteiger partial charge is 0.483 e. The number of carbonyl (C=O) groups is 1. The molecule has 2 rings (SSSR count). The van der Waals surface area contributed by atoms with E-state index in [9.17, 15) is 4.79 Å². The van der Waals surface area contributed by atoms with Crippen molar-refractivity contribution in [1.82, 2.24) is 0 Å². The van der Waals surface area contributed by atoms with Crippen LogP contribution >= 0.6 is 11.6 Å². The molecule has 0 aliphatic carbocycles. The standard InChI is InChI=1S/C18H21ClN2O2/c1-18(2,3)13-6-4-5-7-16(13)23-11-17(22)21-12-8-9-14(19)15(20)10-12/h4-10H,11,20H2,1-3H3,(H,21,22). The molecule has 0 aliphatic rings. The minimum Gasteiger partial charge on any atom is -0.483 e. The van der Waals surface area contributed by atoms with E-state index < -0.39 is 0 Å². The number of nitrogens with one attached hydrogen (secondary N) is 1. The van der Waals surface area contributed by atoms with Crippen LogP contribution in [0.2, 0.25) is 5.02 Å². The molecule has 0 fully saturated rings. The molecule has 2 aromatic carbocycles. The molecule has 0 aromatic heterocycles. The van der Waals surface area contributed by atoms with Gasteiger partial charge in [0.05, 0.1) is 10.7 Å². The Kier molecular flexibility index (Phi) is 5.16. The second kappa shape index (κ2) is 6.92. The lowest BCUT2D eigenvalue weighted by atomic mass is 9.86. The van der Waals surface area contributed by atoms with Gasteiger partial charge in [-0.05, 0) is 35.2 Å². The third kappa shape index (κ3) is 4.63. The number of para-hydroxylation sites is 1. The number of nitrogens with two attached hydrogens (primary N) is 1. The topological polar surface area (TPSA) is 64.3 Å². The third-order valence-corrected chi connectivity index (χ3v) is 3.68. The smallest absolute Gasteiger partial charge is 0.262 e. The maximum absolute atomic E-state index is 12.0. The van der Waals surface area contributed by atoms with Gasteiger partial charge in [-0.1, -0.05) is 50.6 Å². The highest BCUT2D eigenvalue weighted by molar-refractivity contribution is 6.33. The van der Waals surface area contributed by atoms with Crippen molar-refractivity contribution in [3.05, 3.63) is 53.1 Å². The van der Waals surface area contributed by atoms with Crippen LogP contribution in [0, 0.1) is 0 Å². The Morgan fingerprint density at radius 1 is 1.22 bits per heavy atom. The highest BCUT2D eigenvalue weighted by atomic mass is 35.5. The van der Waals surface area contributed by atoms with Crippen LogP contribution in [0.3, 0.4) is 0 Å². The van der Waals surface area contributed by atoms with E-state index in [1.165, 1.54) is 0 Å². The van der Waals surface area contributed by atoms with Crippen LogP contribution in [0.1, 0.15) is 26.3 Å². The van der Waals surface area contributed by atoms with E-state index in [0.29, 0.717) is 22.1 Å². The van der Waals surface area contributed by atoms with E-state index in [1.807, 2.05) is 24.3 Å². The van der Waals surface area contributed by atoms with E-state index >= 15 is 0 Å². The number of benzene rings is 2. The summed E-state index contributed by atoms with van der Waals surface area (Å²) in [7, 11) is 0. The fraction of sp³-hybridized carbons (Fsp3) is 0.278. The average Bonchev–Trinajstić information content (AvgIpc) is 2.48. The molecule has 0 aliphatic heterocycles. The van der Waals surface area contributed by atoms with E-state index in [0.717, 1.165) is 5.56 Å². The fourth-order valence-electron chi connectivity index (χ4n) is 2.17. The summed E-state index contributed by atoms with van der Waals surface area (Å²) in [5, 5.41) is 3.19. The van der Waals surface area contributed by atoms with Gasteiger partial charge in [0.25, 0.3) is 5.91 Å². The lowest BCUT2D eigenvalue weighted by Gasteiger charge is -2.22. The summed E-state index contributed by atoms with van der Waals surface area (Å²) in [6, 6.07) is 12.7. The number of carbonyl (C=O) groups excluding carboxylic acids is 1. The van der Waals surface area contributed by atoms with Gasteiger partial charge in [0.15, 0.2) is 6.61 Å². The predicted octanol–water partition coefficient (Wildman–Crippen LogP) is 4.24. The number of hydrogen-bond acceptors (Lipinski definition) is 3. The van der Waals surface area contributed by atoms with Gasteiger partial charge in [0.1, 0.15) is 5.75 Å². The normalized spacial score (nSPS) is 11.1. The van der Waals surface area contributed by atoms with Crippen molar-refractivity contribution >= 4 is 28.9 Å². The minimum atomic E-state index is -0.254. The van der Waals surface area contributed by atoms with Crippen molar-refractivity contribution in [2.75, 3.05) is 17.7 Å². The summed E-state index contributed by atoms with van der Waals surface area (Å²) in [5.41, 5.74) is 7.72. The van der Waals surface area contributed by atoms with Gasteiger partial charge in [0.2, 0.25) is 0 Å². The molecule has 2 aromatic rings. The zero-order chi connectivity index (χ0) is 17.0. The Balaban J connectivity index is 2.01. The summed E-state index contributed by atoms with van der Waals surface area (Å²) < 4.78 is 5.68. The Morgan fingerprint density at radius 2 is 1.91 bits per heavy atom. The van der Waals surface area contributed by atoms with Gasteiger partial charge in [0, 0.05) is 5.69 Å². The lowest BCUT2D eigenvalue weighted by Crippen LogP contribution is -2.22. The van der Waals surface area contributed by atoms with Crippen molar-refractivity contribution < 1.29 is 9.53 Å². The zero-order valence-electron chi connectivity index (χ0n) is 13.5. The Hall–Kier alpha value is -2.20. The number of anilines is 2. The summed E-state index contributed by atoms with van der Waals surface area (Å²) in [6.07, 6.45) is 0. The van der Waals surface area contributed by atoms with Crippen molar-refractivity contribution in [3.63, 3.8) is 0 Å². The lowest BCUT2D eigenvalue weighted by molar-refractivity contribution is -0.118.